The molecule has 7 nitrogen and oxygen atoms in total. The number of benzene rings is 2. The van der Waals surface area contributed by atoms with Crippen molar-refractivity contribution in [2.75, 3.05) is 18.0 Å². The first kappa shape index (κ1) is 22.5. The molecule has 2 amide bonds. The van der Waals surface area contributed by atoms with Gasteiger partial charge in [-0.1, -0.05) is 43.7 Å². The Hall–Kier alpha value is -2.71. The fraction of sp³-hybridized carbons (Fsp3) is 0.417. The average Bonchev–Trinajstić information content (AvgIpc) is 3.22. The average molecular weight is 456 g/mol. The third-order valence-electron chi connectivity index (χ3n) is 6.17. The number of amides is 2. The van der Waals surface area contributed by atoms with Gasteiger partial charge in [0.05, 0.1) is 4.90 Å². The maximum atomic E-state index is 13.1. The van der Waals surface area contributed by atoms with Crippen LogP contribution in [-0.2, 0) is 32.6 Å². The quantitative estimate of drug-likeness (QED) is 0.726. The molecule has 2 aliphatic rings. The number of nitrogens with zero attached hydrogens (tertiary/aromatic N) is 2. The van der Waals surface area contributed by atoms with Crippen LogP contribution in [0.4, 0.5) is 5.69 Å². The molecule has 0 bridgehead atoms. The van der Waals surface area contributed by atoms with Crippen LogP contribution in [0.1, 0.15) is 43.7 Å². The molecule has 2 aromatic rings. The molecule has 8 heteroatoms. The van der Waals surface area contributed by atoms with Gasteiger partial charge in [0.15, 0.2) is 0 Å². The second-order valence-electron chi connectivity index (χ2n) is 8.30. The summed E-state index contributed by atoms with van der Waals surface area (Å²) in [6, 6.07) is 13.8. The molecule has 0 aliphatic carbocycles. The smallest absolute Gasteiger partial charge is 0.243 e. The van der Waals surface area contributed by atoms with Gasteiger partial charge in [-0.3, -0.25) is 14.5 Å². The van der Waals surface area contributed by atoms with E-state index in [1.54, 1.807) is 25.1 Å². The van der Waals surface area contributed by atoms with Crippen molar-refractivity contribution in [3.05, 3.63) is 59.7 Å². The fourth-order valence-electron chi connectivity index (χ4n) is 4.43. The van der Waals surface area contributed by atoms with E-state index in [-0.39, 0.29) is 23.1 Å². The van der Waals surface area contributed by atoms with Gasteiger partial charge in [0.25, 0.3) is 0 Å². The molecule has 1 fully saturated rings. The maximum absolute atomic E-state index is 13.1. The lowest BCUT2D eigenvalue weighted by atomic mass is 10.1. The lowest BCUT2D eigenvalue weighted by Crippen LogP contribution is -2.47. The molecule has 0 saturated carbocycles. The van der Waals surface area contributed by atoms with E-state index < -0.39 is 16.1 Å². The lowest BCUT2D eigenvalue weighted by Gasteiger charge is -2.26. The number of carbonyl (C=O) groups excluding carboxylic acids is 2. The third-order valence-corrected chi connectivity index (χ3v) is 8.07. The first-order chi connectivity index (χ1) is 15.4. The number of hydrogen-bond donors (Lipinski definition) is 1. The summed E-state index contributed by atoms with van der Waals surface area (Å²) in [5, 5.41) is 2.92. The van der Waals surface area contributed by atoms with E-state index in [1.807, 2.05) is 30.3 Å². The molecule has 4 rings (SSSR count). The number of piperidine rings is 1. The van der Waals surface area contributed by atoms with Gasteiger partial charge in [-0.05, 0) is 42.2 Å². The van der Waals surface area contributed by atoms with Crippen molar-refractivity contribution in [3.63, 3.8) is 0 Å². The SMILES string of the molecule is CCC(=O)N1c2ccc(S(=O)(=O)N3CCCCC3)cc2C[C@@H]1C(=O)NCc1ccccc1. The Kier molecular flexibility index (Phi) is 6.62. The van der Waals surface area contributed by atoms with Crippen molar-refractivity contribution in [2.24, 2.45) is 0 Å². The summed E-state index contributed by atoms with van der Waals surface area (Å²) in [5.41, 5.74) is 2.30. The van der Waals surface area contributed by atoms with Crippen molar-refractivity contribution < 1.29 is 18.0 Å². The van der Waals surface area contributed by atoms with Crippen LogP contribution in [0.5, 0.6) is 0 Å². The number of hydrogen-bond acceptors (Lipinski definition) is 4. The third kappa shape index (κ3) is 4.42. The molecule has 0 radical (unpaired) electrons. The molecular weight excluding hydrogens is 426 g/mol. The predicted octanol–water partition coefficient (Wildman–Crippen LogP) is 2.85. The van der Waals surface area contributed by atoms with Gasteiger partial charge in [0.1, 0.15) is 6.04 Å². The number of sulfonamides is 1. The van der Waals surface area contributed by atoms with Crippen molar-refractivity contribution in [1.82, 2.24) is 9.62 Å². The lowest BCUT2D eigenvalue weighted by molar-refractivity contribution is -0.126. The highest BCUT2D eigenvalue weighted by Crippen LogP contribution is 2.35. The highest BCUT2D eigenvalue weighted by molar-refractivity contribution is 7.89. The number of nitrogens with one attached hydrogen (secondary N) is 1. The van der Waals surface area contributed by atoms with E-state index in [0.717, 1.165) is 24.8 Å². The summed E-state index contributed by atoms with van der Waals surface area (Å²) in [6.45, 7) is 3.19. The summed E-state index contributed by atoms with van der Waals surface area (Å²) < 4.78 is 27.7. The zero-order valence-electron chi connectivity index (χ0n) is 18.3. The Balaban J connectivity index is 1.57. The maximum Gasteiger partial charge on any atom is 0.243 e. The molecule has 0 aromatic heterocycles. The zero-order chi connectivity index (χ0) is 22.7. The molecule has 0 spiro atoms. The highest BCUT2D eigenvalue weighted by Gasteiger charge is 2.38. The number of anilines is 1. The fourth-order valence-corrected chi connectivity index (χ4v) is 6.00. The van der Waals surface area contributed by atoms with Gasteiger partial charge in [0, 0.05) is 38.2 Å². The van der Waals surface area contributed by atoms with Gasteiger partial charge < -0.3 is 5.32 Å². The minimum Gasteiger partial charge on any atom is -0.350 e. The van der Waals surface area contributed by atoms with Gasteiger partial charge in [-0.15, -0.1) is 0 Å². The molecule has 1 saturated heterocycles. The summed E-state index contributed by atoms with van der Waals surface area (Å²) >= 11 is 0. The minimum atomic E-state index is -3.58. The Morgan fingerprint density at radius 1 is 1.03 bits per heavy atom. The monoisotopic (exact) mass is 455 g/mol. The van der Waals surface area contributed by atoms with E-state index in [9.17, 15) is 18.0 Å². The van der Waals surface area contributed by atoms with Crippen LogP contribution < -0.4 is 10.2 Å². The summed E-state index contributed by atoms with van der Waals surface area (Å²) in [7, 11) is -3.58. The molecule has 170 valence electrons. The van der Waals surface area contributed by atoms with Crippen molar-refractivity contribution >= 4 is 27.5 Å². The Morgan fingerprint density at radius 3 is 2.44 bits per heavy atom. The van der Waals surface area contributed by atoms with Gasteiger partial charge in [-0.2, -0.15) is 4.31 Å². The molecule has 1 N–H and O–H groups in total. The van der Waals surface area contributed by atoms with Crippen molar-refractivity contribution in [1.29, 1.82) is 0 Å². The van der Waals surface area contributed by atoms with Gasteiger partial charge in [0.2, 0.25) is 21.8 Å². The van der Waals surface area contributed by atoms with Crippen molar-refractivity contribution in [3.8, 4) is 0 Å². The summed E-state index contributed by atoms with van der Waals surface area (Å²) in [6.07, 6.45) is 3.34. The molecular formula is C24H29N3O4S. The summed E-state index contributed by atoms with van der Waals surface area (Å²) in [5.74, 6) is -0.400. The normalized spacial score (nSPS) is 18.9. The van der Waals surface area contributed by atoms with Crippen LogP contribution in [-0.4, -0.2) is 43.7 Å². The van der Waals surface area contributed by atoms with Crippen LogP contribution in [0.15, 0.2) is 53.4 Å². The second-order valence-corrected chi connectivity index (χ2v) is 10.2. The molecule has 1 atom stereocenters. The molecule has 2 aromatic carbocycles. The minimum absolute atomic E-state index is 0.157. The molecule has 2 heterocycles. The molecule has 2 aliphatic heterocycles. The molecule has 0 unspecified atom stereocenters. The zero-order valence-corrected chi connectivity index (χ0v) is 19.1. The van der Waals surface area contributed by atoms with E-state index >= 15 is 0 Å². The number of rotatable bonds is 6. The van der Waals surface area contributed by atoms with Gasteiger partial charge in [-0.25, -0.2) is 8.42 Å². The number of carbonyl (C=O) groups is 2. The Morgan fingerprint density at radius 2 is 1.75 bits per heavy atom. The Bertz CT molecular complexity index is 1100. The number of fused-ring (bicyclic) bond motifs is 1. The Labute approximate surface area is 189 Å². The van der Waals surface area contributed by atoms with Crippen LogP contribution in [0.3, 0.4) is 0 Å². The van der Waals surface area contributed by atoms with Crippen LogP contribution in [0, 0.1) is 0 Å². The largest absolute Gasteiger partial charge is 0.350 e. The van der Waals surface area contributed by atoms with Crippen LogP contribution in [0.25, 0.3) is 0 Å². The van der Waals surface area contributed by atoms with Gasteiger partial charge >= 0.3 is 0 Å². The standard InChI is InChI=1S/C24H29N3O4S/c1-2-23(28)27-21-12-11-20(32(30,31)26-13-7-4-8-14-26)15-19(21)16-22(27)24(29)25-17-18-9-5-3-6-10-18/h3,5-6,9-12,15,22H,2,4,7-8,13-14,16-17H2,1H3,(H,25,29)/t22-/m1/s1. The van der Waals surface area contributed by atoms with E-state index in [0.29, 0.717) is 37.3 Å². The second kappa shape index (κ2) is 9.42. The van der Waals surface area contributed by atoms with Crippen LogP contribution >= 0.6 is 0 Å². The van der Waals surface area contributed by atoms with Crippen molar-refractivity contribution in [2.45, 2.75) is 56.5 Å². The van der Waals surface area contributed by atoms with E-state index in [4.69, 9.17) is 0 Å². The first-order valence-corrected chi connectivity index (χ1v) is 12.6. The van der Waals surface area contributed by atoms with E-state index in [1.165, 1.54) is 9.21 Å². The summed E-state index contributed by atoms with van der Waals surface area (Å²) in [4.78, 5) is 27.5. The predicted molar refractivity (Wildman–Crippen MR) is 123 cm³/mol. The van der Waals surface area contributed by atoms with E-state index in [2.05, 4.69) is 5.32 Å². The highest BCUT2D eigenvalue weighted by atomic mass is 32.2. The topological polar surface area (TPSA) is 86.8 Å². The van der Waals surface area contributed by atoms with Crippen LogP contribution in [0.2, 0.25) is 0 Å². The molecule has 32 heavy (non-hydrogen) atoms. The first-order valence-electron chi connectivity index (χ1n) is 11.2.